The van der Waals surface area contributed by atoms with Gasteiger partial charge in [0.2, 0.25) is 5.91 Å². The Morgan fingerprint density at radius 1 is 1.50 bits per heavy atom. The number of halogens is 1. The largest absolute Gasteiger partial charge is 0.308 e. The van der Waals surface area contributed by atoms with Gasteiger partial charge in [0.15, 0.2) is 5.82 Å². The maximum Gasteiger partial charge on any atom is 0.246 e. The first-order valence-electron chi connectivity index (χ1n) is 4.86. The van der Waals surface area contributed by atoms with Crippen LogP contribution in [-0.4, -0.2) is 15.9 Å². The first-order valence-corrected chi connectivity index (χ1v) is 5.66. The number of nitriles is 1. The number of nitrogens with one attached hydrogen (secondary N) is 1. The van der Waals surface area contributed by atoms with Crippen LogP contribution in [-0.2, 0) is 4.79 Å². The Morgan fingerprint density at radius 2 is 2.25 bits per heavy atom. The molecule has 1 heterocycles. The predicted octanol–water partition coefficient (Wildman–Crippen LogP) is 1.87. The summed E-state index contributed by atoms with van der Waals surface area (Å²) in [5.41, 5.74) is -0.852. The van der Waals surface area contributed by atoms with Crippen molar-refractivity contribution in [1.82, 2.24) is 9.97 Å². The van der Waals surface area contributed by atoms with E-state index in [9.17, 15) is 4.79 Å². The highest BCUT2D eigenvalue weighted by molar-refractivity contribution is 9.10. The van der Waals surface area contributed by atoms with E-state index in [4.69, 9.17) is 5.26 Å². The average Bonchev–Trinajstić information content (AvgIpc) is 2.21. The fourth-order valence-electron chi connectivity index (χ4n) is 1.53. The highest BCUT2D eigenvalue weighted by atomic mass is 79.9. The molecule has 0 bridgehead atoms. The van der Waals surface area contributed by atoms with Gasteiger partial charge in [-0.3, -0.25) is 4.79 Å². The molecule has 6 heteroatoms. The third-order valence-corrected chi connectivity index (χ3v) is 3.13. The lowest BCUT2D eigenvalue weighted by Gasteiger charge is -2.32. The van der Waals surface area contributed by atoms with Gasteiger partial charge >= 0.3 is 0 Å². The Morgan fingerprint density at radius 3 is 2.69 bits per heavy atom. The monoisotopic (exact) mass is 280 g/mol. The second kappa shape index (κ2) is 4.18. The minimum absolute atomic E-state index is 0.280. The molecule has 0 saturated heterocycles. The smallest absolute Gasteiger partial charge is 0.246 e. The number of carbonyl (C=O) groups excluding carboxylic acids is 1. The Kier molecular flexibility index (Phi) is 2.88. The van der Waals surface area contributed by atoms with E-state index in [0.717, 1.165) is 6.42 Å². The van der Waals surface area contributed by atoms with Crippen LogP contribution < -0.4 is 5.32 Å². The van der Waals surface area contributed by atoms with Crippen molar-refractivity contribution in [2.75, 3.05) is 5.32 Å². The summed E-state index contributed by atoms with van der Waals surface area (Å²) in [6.07, 6.45) is 5.12. The molecular formula is C10H9BrN4O. The van der Waals surface area contributed by atoms with Crippen molar-refractivity contribution >= 4 is 27.7 Å². The lowest BCUT2D eigenvalue weighted by molar-refractivity contribution is -0.126. The molecule has 1 amide bonds. The summed E-state index contributed by atoms with van der Waals surface area (Å²) >= 11 is 3.15. The average molecular weight is 281 g/mol. The molecule has 1 fully saturated rings. The molecule has 2 rings (SSSR count). The standard InChI is InChI=1S/C10H9BrN4O/c11-7-4-14-8(5-13-7)15-9(16)10(6-12)2-1-3-10/h4-5H,1-3H2,(H,14,15,16). The molecule has 5 nitrogen and oxygen atoms in total. The summed E-state index contributed by atoms with van der Waals surface area (Å²) in [6.45, 7) is 0. The number of aromatic nitrogens is 2. The van der Waals surface area contributed by atoms with Crippen LogP contribution in [0.15, 0.2) is 17.0 Å². The van der Waals surface area contributed by atoms with Crippen molar-refractivity contribution < 1.29 is 4.79 Å². The second-order valence-electron chi connectivity index (χ2n) is 3.73. The van der Waals surface area contributed by atoms with Crippen LogP contribution in [0.3, 0.4) is 0 Å². The van der Waals surface area contributed by atoms with Crippen LogP contribution in [0.25, 0.3) is 0 Å². The van der Waals surface area contributed by atoms with Gasteiger partial charge < -0.3 is 5.32 Å². The number of carbonyl (C=O) groups is 1. The van der Waals surface area contributed by atoms with E-state index in [1.54, 1.807) is 0 Å². The molecule has 0 unspecified atom stereocenters. The molecule has 1 aliphatic carbocycles. The highest BCUT2D eigenvalue weighted by Gasteiger charge is 2.44. The van der Waals surface area contributed by atoms with Crippen molar-refractivity contribution in [1.29, 1.82) is 5.26 Å². The molecular weight excluding hydrogens is 272 g/mol. The van der Waals surface area contributed by atoms with E-state index >= 15 is 0 Å². The van der Waals surface area contributed by atoms with Gasteiger partial charge in [0.25, 0.3) is 0 Å². The van der Waals surface area contributed by atoms with Gasteiger partial charge in [-0.15, -0.1) is 0 Å². The molecule has 1 aromatic rings. The van der Waals surface area contributed by atoms with Crippen LogP contribution in [0.2, 0.25) is 0 Å². The zero-order valence-corrected chi connectivity index (χ0v) is 9.99. The minimum atomic E-state index is -0.852. The molecule has 16 heavy (non-hydrogen) atoms. The number of amides is 1. The number of rotatable bonds is 2. The summed E-state index contributed by atoms with van der Waals surface area (Å²) in [7, 11) is 0. The number of hydrogen-bond donors (Lipinski definition) is 1. The number of anilines is 1. The van der Waals surface area contributed by atoms with Crippen molar-refractivity contribution in [2.45, 2.75) is 19.3 Å². The Bertz CT molecular complexity index is 447. The topological polar surface area (TPSA) is 78.7 Å². The summed E-state index contributed by atoms with van der Waals surface area (Å²) in [4.78, 5) is 19.7. The molecule has 1 aliphatic rings. The van der Waals surface area contributed by atoms with E-state index in [-0.39, 0.29) is 5.91 Å². The molecule has 0 atom stereocenters. The summed E-state index contributed by atoms with van der Waals surface area (Å²) in [5.74, 6) is 0.0904. The third kappa shape index (κ3) is 1.91. The predicted molar refractivity (Wildman–Crippen MR) is 60.3 cm³/mol. The molecule has 1 saturated carbocycles. The SMILES string of the molecule is N#CC1(C(=O)Nc2cnc(Br)cn2)CCC1. The summed E-state index contributed by atoms with van der Waals surface area (Å²) < 4.78 is 0.601. The zero-order chi connectivity index (χ0) is 11.6. The molecule has 1 aromatic heterocycles. The Hall–Kier alpha value is -1.48. The molecule has 1 N–H and O–H groups in total. The third-order valence-electron chi connectivity index (χ3n) is 2.72. The van der Waals surface area contributed by atoms with Gasteiger partial charge in [0.1, 0.15) is 10.0 Å². The van der Waals surface area contributed by atoms with Gasteiger partial charge in [0, 0.05) is 0 Å². The summed E-state index contributed by atoms with van der Waals surface area (Å²) in [5, 5.41) is 11.6. The molecule has 0 spiro atoms. The zero-order valence-electron chi connectivity index (χ0n) is 8.40. The molecule has 0 aliphatic heterocycles. The van der Waals surface area contributed by atoms with Gasteiger partial charge in [-0.25, -0.2) is 9.97 Å². The van der Waals surface area contributed by atoms with Crippen LogP contribution in [0.4, 0.5) is 5.82 Å². The Labute approximate surface area is 101 Å². The van der Waals surface area contributed by atoms with Crippen LogP contribution in [0.5, 0.6) is 0 Å². The maximum atomic E-state index is 11.8. The first-order chi connectivity index (χ1) is 7.66. The minimum Gasteiger partial charge on any atom is -0.308 e. The van der Waals surface area contributed by atoms with Crippen LogP contribution in [0, 0.1) is 16.7 Å². The van der Waals surface area contributed by atoms with E-state index in [0.29, 0.717) is 23.3 Å². The van der Waals surface area contributed by atoms with Crippen LogP contribution >= 0.6 is 15.9 Å². The van der Waals surface area contributed by atoms with Gasteiger partial charge in [-0.05, 0) is 35.2 Å². The van der Waals surface area contributed by atoms with E-state index in [1.807, 2.05) is 0 Å². The first kappa shape index (κ1) is 11.0. The van der Waals surface area contributed by atoms with Gasteiger partial charge in [-0.2, -0.15) is 5.26 Å². The highest BCUT2D eigenvalue weighted by Crippen LogP contribution is 2.40. The lowest BCUT2D eigenvalue weighted by atomic mass is 9.69. The van der Waals surface area contributed by atoms with E-state index < -0.39 is 5.41 Å². The Balaban J connectivity index is 2.08. The van der Waals surface area contributed by atoms with Crippen molar-refractivity contribution in [3.63, 3.8) is 0 Å². The normalized spacial score (nSPS) is 17.0. The lowest BCUT2D eigenvalue weighted by Crippen LogP contribution is -2.40. The quantitative estimate of drug-likeness (QED) is 0.897. The molecule has 82 valence electrons. The van der Waals surface area contributed by atoms with Gasteiger partial charge in [0.05, 0.1) is 18.5 Å². The van der Waals surface area contributed by atoms with Crippen molar-refractivity contribution in [3.8, 4) is 6.07 Å². The van der Waals surface area contributed by atoms with Crippen molar-refractivity contribution in [2.24, 2.45) is 5.41 Å². The van der Waals surface area contributed by atoms with E-state index in [2.05, 4.69) is 37.3 Å². The summed E-state index contributed by atoms with van der Waals surface area (Å²) in [6, 6.07) is 2.08. The maximum absolute atomic E-state index is 11.8. The molecule has 0 aromatic carbocycles. The van der Waals surface area contributed by atoms with Gasteiger partial charge in [-0.1, -0.05) is 0 Å². The fraction of sp³-hybridized carbons (Fsp3) is 0.400. The molecule has 0 radical (unpaired) electrons. The van der Waals surface area contributed by atoms with E-state index in [1.165, 1.54) is 12.4 Å². The number of nitrogens with zero attached hydrogens (tertiary/aromatic N) is 3. The second-order valence-corrected chi connectivity index (χ2v) is 4.54. The fourth-order valence-corrected chi connectivity index (χ4v) is 1.74. The number of hydrogen-bond acceptors (Lipinski definition) is 4. The van der Waals surface area contributed by atoms with Crippen LogP contribution in [0.1, 0.15) is 19.3 Å². The van der Waals surface area contributed by atoms with Crippen molar-refractivity contribution in [3.05, 3.63) is 17.0 Å².